The van der Waals surface area contributed by atoms with Gasteiger partial charge in [0.15, 0.2) is 0 Å². The minimum atomic E-state index is -0.0804. The number of hydrogen-bond acceptors (Lipinski definition) is 5. The van der Waals surface area contributed by atoms with Gasteiger partial charge in [-0.05, 0) is 49.2 Å². The Morgan fingerprint density at radius 1 is 1.23 bits per heavy atom. The summed E-state index contributed by atoms with van der Waals surface area (Å²) in [5.41, 5.74) is 3.21. The van der Waals surface area contributed by atoms with Crippen LogP contribution in [0.1, 0.15) is 33.9 Å². The summed E-state index contributed by atoms with van der Waals surface area (Å²) in [6.45, 7) is 4.96. The van der Waals surface area contributed by atoms with Crippen LogP contribution in [0.25, 0.3) is 0 Å². The molecule has 0 spiro atoms. The van der Waals surface area contributed by atoms with E-state index in [2.05, 4.69) is 10.1 Å². The summed E-state index contributed by atoms with van der Waals surface area (Å²) in [5, 5.41) is 4.33. The fourth-order valence-electron chi connectivity index (χ4n) is 3.74. The topological polar surface area (TPSA) is 69.5 Å². The number of pyridine rings is 1. The highest BCUT2D eigenvalue weighted by Crippen LogP contribution is 2.20. The number of aryl methyl sites for hydroxylation is 2. The van der Waals surface area contributed by atoms with Crippen molar-refractivity contribution in [1.29, 1.82) is 0 Å². The number of hydrogen-bond donors (Lipinski definition) is 0. The second-order valence-electron chi connectivity index (χ2n) is 7.96. The van der Waals surface area contributed by atoms with Gasteiger partial charge in [-0.3, -0.25) is 14.5 Å². The Hall–Kier alpha value is -3.19. The van der Waals surface area contributed by atoms with E-state index in [1.54, 1.807) is 22.8 Å². The van der Waals surface area contributed by atoms with Crippen molar-refractivity contribution in [1.82, 2.24) is 19.7 Å². The number of carbonyl (C=O) groups is 1. The van der Waals surface area contributed by atoms with E-state index in [9.17, 15) is 4.79 Å². The molecule has 0 aliphatic carbocycles. The zero-order valence-corrected chi connectivity index (χ0v) is 18.0. The molecule has 31 heavy (non-hydrogen) atoms. The molecule has 0 saturated carbocycles. The van der Waals surface area contributed by atoms with Crippen LogP contribution < -0.4 is 4.74 Å². The summed E-state index contributed by atoms with van der Waals surface area (Å²) in [6, 6.07) is 15.5. The zero-order chi connectivity index (χ0) is 21.6. The molecule has 1 amide bonds. The second-order valence-corrected chi connectivity index (χ2v) is 7.96. The van der Waals surface area contributed by atoms with Crippen LogP contribution in [0, 0.1) is 12.8 Å². The first-order chi connectivity index (χ1) is 15.1. The highest BCUT2D eigenvalue weighted by molar-refractivity contribution is 5.92. The molecule has 1 aliphatic rings. The maximum Gasteiger partial charge on any atom is 0.272 e. The van der Waals surface area contributed by atoms with Crippen LogP contribution in [0.4, 0.5) is 0 Å². The Morgan fingerprint density at radius 2 is 2.13 bits per heavy atom. The molecule has 0 bridgehead atoms. The van der Waals surface area contributed by atoms with Crippen molar-refractivity contribution in [3.8, 4) is 5.75 Å². The van der Waals surface area contributed by atoms with Crippen molar-refractivity contribution in [2.45, 2.75) is 26.4 Å². The molecule has 3 aromatic rings. The van der Waals surface area contributed by atoms with Crippen molar-refractivity contribution >= 4 is 5.91 Å². The Kier molecular flexibility index (Phi) is 6.62. The molecule has 0 N–H and O–H groups in total. The van der Waals surface area contributed by atoms with Gasteiger partial charge in [-0.2, -0.15) is 5.10 Å². The van der Waals surface area contributed by atoms with Gasteiger partial charge in [-0.1, -0.05) is 18.2 Å². The zero-order valence-electron chi connectivity index (χ0n) is 18.0. The maximum absolute atomic E-state index is 13.4. The monoisotopic (exact) mass is 420 g/mol. The SMILES string of the molecule is Cc1cc(C(=O)N(Cc2cccc(OC[C@H]3CCOC3)c2)Cc2ccccn2)n(C)n1. The van der Waals surface area contributed by atoms with Gasteiger partial charge in [-0.15, -0.1) is 0 Å². The lowest BCUT2D eigenvalue weighted by atomic mass is 10.1. The van der Waals surface area contributed by atoms with Crippen molar-refractivity contribution < 1.29 is 14.3 Å². The third-order valence-corrected chi connectivity index (χ3v) is 5.37. The number of nitrogens with zero attached hydrogens (tertiary/aromatic N) is 4. The first-order valence-corrected chi connectivity index (χ1v) is 10.6. The normalized spacial score (nSPS) is 15.7. The van der Waals surface area contributed by atoms with Gasteiger partial charge in [0.1, 0.15) is 11.4 Å². The number of benzene rings is 1. The van der Waals surface area contributed by atoms with Gasteiger partial charge in [-0.25, -0.2) is 0 Å². The smallest absolute Gasteiger partial charge is 0.272 e. The Bertz CT molecular complexity index is 1010. The van der Waals surface area contributed by atoms with Crippen molar-refractivity contribution in [3.63, 3.8) is 0 Å². The van der Waals surface area contributed by atoms with Crippen molar-refractivity contribution in [3.05, 3.63) is 77.4 Å². The molecular weight excluding hydrogens is 392 g/mol. The molecule has 7 nitrogen and oxygen atoms in total. The molecule has 1 aliphatic heterocycles. The van der Waals surface area contributed by atoms with Gasteiger partial charge in [0.05, 0.1) is 31.1 Å². The number of rotatable bonds is 8. The average molecular weight is 421 g/mol. The minimum Gasteiger partial charge on any atom is -0.493 e. The van der Waals surface area contributed by atoms with Crippen LogP contribution in [0.2, 0.25) is 0 Å². The molecule has 1 atom stereocenters. The molecule has 4 rings (SSSR count). The largest absolute Gasteiger partial charge is 0.493 e. The lowest BCUT2D eigenvalue weighted by molar-refractivity contribution is 0.0716. The third kappa shape index (κ3) is 5.49. The van der Waals surface area contributed by atoms with Gasteiger partial charge in [0.25, 0.3) is 5.91 Å². The maximum atomic E-state index is 13.4. The second kappa shape index (κ2) is 9.75. The molecule has 1 saturated heterocycles. The summed E-state index contributed by atoms with van der Waals surface area (Å²) in [6.07, 6.45) is 2.78. The standard InChI is InChI=1S/C24H28N4O3/c1-18-12-23(27(2)26-18)24(29)28(15-21-7-3-4-10-25-21)14-19-6-5-8-22(13-19)31-17-20-9-11-30-16-20/h3-8,10,12-13,20H,9,11,14-17H2,1-2H3/t20-/m0/s1. The molecule has 7 heteroatoms. The van der Waals surface area contributed by atoms with Crippen LogP contribution in [0.3, 0.4) is 0 Å². The predicted molar refractivity (Wildman–Crippen MR) is 117 cm³/mol. The summed E-state index contributed by atoms with van der Waals surface area (Å²) >= 11 is 0. The molecule has 162 valence electrons. The van der Waals surface area contributed by atoms with E-state index in [-0.39, 0.29) is 5.91 Å². The number of ether oxygens (including phenoxy) is 2. The fraction of sp³-hybridized carbons (Fsp3) is 0.375. The molecule has 1 fully saturated rings. The van der Waals surface area contributed by atoms with Gasteiger partial charge >= 0.3 is 0 Å². The molecule has 0 radical (unpaired) electrons. The highest BCUT2D eigenvalue weighted by Gasteiger charge is 2.21. The summed E-state index contributed by atoms with van der Waals surface area (Å²) in [7, 11) is 1.79. The minimum absolute atomic E-state index is 0.0804. The molecule has 3 heterocycles. The summed E-state index contributed by atoms with van der Waals surface area (Å²) in [5.74, 6) is 1.17. The van der Waals surface area contributed by atoms with Crippen molar-refractivity contribution in [2.24, 2.45) is 13.0 Å². The van der Waals surface area contributed by atoms with Gasteiger partial charge in [0.2, 0.25) is 0 Å². The van der Waals surface area contributed by atoms with E-state index < -0.39 is 0 Å². The van der Waals surface area contributed by atoms with Crippen molar-refractivity contribution in [2.75, 3.05) is 19.8 Å². The Morgan fingerprint density at radius 3 is 2.84 bits per heavy atom. The quantitative estimate of drug-likeness (QED) is 0.559. The predicted octanol–water partition coefficient (Wildman–Crippen LogP) is 3.38. The lowest BCUT2D eigenvalue weighted by Gasteiger charge is -2.23. The Balaban J connectivity index is 1.51. The Labute approximate surface area is 182 Å². The summed E-state index contributed by atoms with van der Waals surface area (Å²) < 4.78 is 13.0. The summed E-state index contributed by atoms with van der Waals surface area (Å²) in [4.78, 5) is 19.6. The molecule has 0 unspecified atom stereocenters. The van der Waals surface area contributed by atoms with Crippen LogP contribution in [-0.2, 0) is 24.9 Å². The van der Waals surface area contributed by atoms with Gasteiger partial charge in [0, 0.05) is 32.3 Å². The highest BCUT2D eigenvalue weighted by atomic mass is 16.5. The van der Waals surface area contributed by atoms with E-state index >= 15 is 0 Å². The molecule has 2 aromatic heterocycles. The number of amides is 1. The van der Waals surface area contributed by atoms with Gasteiger partial charge < -0.3 is 14.4 Å². The third-order valence-electron chi connectivity index (χ3n) is 5.37. The van der Waals surface area contributed by atoms with E-state index in [4.69, 9.17) is 9.47 Å². The average Bonchev–Trinajstić information content (AvgIpc) is 3.41. The van der Waals surface area contributed by atoms with E-state index in [1.807, 2.05) is 55.5 Å². The van der Waals surface area contributed by atoms with Crippen LogP contribution in [0.5, 0.6) is 5.75 Å². The van der Waals surface area contributed by atoms with Crippen LogP contribution in [0.15, 0.2) is 54.7 Å². The molecule has 1 aromatic carbocycles. The van der Waals surface area contributed by atoms with E-state index in [1.165, 1.54) is 0 Å². The first kappa shape index (κ1) is 21.1. The van der Waals surface area contributed by atoms with E-state index in [0.717, 1.165) is 42.3 Å². The number of carbonyl (C=O) groups excluding carboxylic acids is 1. The molecular formula is C24H28N4O3. The number of aromatic nitrogens is 3. The van der Waals surface area contributed by atoms with Crippen LogP contribution >= 0.6 is 0 Å². The first-order valence-electron chi connectivity index (χ1n) is 10.6. The van der Waals surface area contributed by atoms with E-state index in [0.29, 0.717) is 31.3 Å². The lowest BCUT2D eigenvalue weighted by Crippen LogP contribution is -2.32. The fourth-order valence-corrected chi connectivity index (χ4v) is 3.74. The van der Waals surface area contributed by atoms with Crippen LogP contribution in [-0.4, -0.2) is 45.4 Å².